The van der Waals surface area contributed by atoms with E-state index in [1.165, 1.54) is 18.2 Å². The van der Waals surface area contributed by atoms with E-state index in [4.69, 9.17) is 11.6 Å². The normalized spacial score (nSPS) is 9.58. The Kier molecular flexibility index (Phi) is 2.94. The lowest BCUT2D eigenvalue weighted by molar-refractivity contribution is 0.270. The lowest BCUT2D eigenvalue weighted by atomic mass is 10.3. The fourth-order valence-corrected chi connectivity index (χ4v) is 1.00. The quantitative estimate of drug-likeness (QED) is 0.679. The lowest BCUT2D eigenvalue weighted by Crippen LogP contribution is -2.02. The van der Waals surface area contributed by atoms with Gasteiger partial charge in [0.25, 0.3) is 5.24 Å². The van der Waals surface area contributed by atoms with Crippen molar-refractivity contribution in [3.8, 4) is 0 Å². The van der Waals surface area contributed by atoms with Crippen LogP contribution in [-0.4, -0.2) is 5.24 Å². The maximum Gasteiger partial charge on any atom is 0.280 e. The summed E-state index contributed by atoms with van der Waals surface area (Å²) in [7, 11) is 0. The average Bonchev–Trinajstić information content (AvgIpc) is 1.96. The van der Waals surface area contributed by atoms with Gasteiger partial charge in [-0.3, -0.25) is 4.79 Å². The van der Waals surface area contributed by atoms with Crippen LogP contribution in [0.5, 0.6) is 0 Å². The highest BCUT2D eigenvalue weighted by Gasteiger charge is 2.03. The standard InChI is InChI=1S/C7H5ClFNOS/c8-4-1-2-5(9)6(3-4)10-7(11)12/h1-3H,(H2,10,11,12). The Morgan fingerprint density at radius 1 is 1.58 bits per heavy atom. The molecule has 0 aliphatic heterocycles. The summed E-state index contributed by atoms with van der Waals surface area (Å²) in [6, 6.07) is 3.87. The Morgan fingerprint density at radius 3 is 2.83 bits per heavy atom. The summed E-state index contributed by atoms with van der Waals surface area (Å²) in [5.74, 6) is -0.540. The zero-order valence-electron chi connectivity index (χ0n) is 5.84. The van der Waals surface area contributed by atoms with E-state index >= 15 is 0 Å². The van der Waals surface area contributed by atoms with E-state index in [2.05, 4.69) is 17.9 Å². The number of rotatable bonds is 1. The first-order valence-electron chi connectivity index (χ1n) is 3.04. The second-order valence-electron chi connectivity index (χ2n) is 2.05. The molecule has 1 rings (SSSR count). The van der Waals surface area contributed by atoms with Crippen LogP contribution in [0, 0.1) is 5.82 Å². The topological polar surface area (TPSA) is 29.1 Å². The summed E-state index contributed by atoms with van der Waals surface area (Å²) in [6.07, 6.45) is 0. The van der Waals surface area contributed by atoms with Crippen molar-refractivity contribution in [1.29, 1.82) is 0 Å². The average molecular weight is 206 g/mol. The van der Waals surface area contributed by atoms with Crippen LogP contribution < -0.4 is 5.32 Å². The third-order valence-electron chi connectivity index (χ3n) is 1.17. The van der Waals surface area contributed by atoms with Crippen molar-refractivity contribution in [2.75, 3.05) is 5.32 Å². The minimum Gasteiger partial charge on any atom is -0.314 e. The Hall–Kier alpha value is -0.740. The van der Waals surface area contributed by atoms with Gasteiger partial charge in [0, 0.05) is 5.02 Å². The first-order chi connectivity index (χ1) is 5.59. The maximum absolute atomic E-state index is 12.8. The third-order valence-corrected chi connectivity index (χ3v) is 1.52. The molecule has 12 heavy (non-hydrogen) atoms. The van der Waals surface area contributed by atoms with Gasteiger partial charge in [-0.05, 0) is 18.2 Å². The number of amides is 1. The van der Waals surface area contributed by atoms with Crippen LogP contribution in [0.25, 0.3) is 0 Å². The number of nitrogens with one attached hydrogen (secondary N) is 1. The zero-order valence-corrected chi connectivity index (χ0v) is 7.49. The number of anilines is 1. The molecule has 0 heterocycles. The van der Waals surface area contributed by atoms with Gasteiger partial charge in [0.2, 0.25) is 0 Å². The van der Waals surface area contributed by atoms with E-state index in [0.717, 1.165) is 0 Å². The molecule has 0 fully saturated rings. The van der Waals surface area contributed by atoms with Crippen molar-refractivity contribution in [3.63, 3.8) is 0 Å². The molecule has 0 aliphatic carbocycles. The number of hydrogen-bond donors (Lipinski definition) is 2. The Labute approximate surface area is 79.1 Å². The van der Waals surface area contributed by atoms with Crippen molar-refractivity contribution in [3.05, 3.63) is 29.0 Å². The lowest BCUT2D eigenvalue weighted by Gasteiger charge is -2.02. The predicted molar refractivity (Wildman–Crippen MR) is 49.4 cm³/mol. The first kappa shape index (κ1) is 9.35. The molecule has 0 aromatic heterocycles. The van der Waals surface area contributed by atoms with E-state index in [-0.39, 0.29) is 5.69 Å². The molecule has 0 radical (unpaired) electrons. The Bertz CT molecular complexity index is 318. The van der Waals surface area contributed by atoms with E-state index in [1.54, 1.807) is 0 Å². The van der Waals surface area contributed by atoms with Crippen molar-refractivity contribution < 1.29 is 9.18 Å². The molecule has 0 aliphatic rings. The summed E-state index contributed by atoms with van der Waals surface area (Å²) < 4.78 is 12.8. The largest absolute Gasteiger partial charge is 0.314 e. The van der Waals surface area contributed by atoms with Gasteiger partial charge in [0.05, 0.1) is 5.69 Å². The van der Waals surface area contributed by atoms with E-state index in [0.29, 0.717) is 5.02 Å². The summed E-state index contributed by atoms with van der Waals surface area (Å²) in [4.78, 5) is 10.4. The highest BCUT2D eigenvalue weighted by molar-refractivity contribution is 7.96. The van der Waals surface area contributed by atoms with Gasteiger partial charge in [-0.2, -0.15) is 0 Å². The van der Waals surface area contributed by atoms with Crippen molar-refractivity contribution in [2.24, 2.45) is 0 Å². The Balaban J connectivity index is 2.97. The minimum absolute atomic E-state index is 0.0301. The zero-order chi connectivity index (χ0) is 9.14. The molecule has 1 N–H and O–H groups in total. The number of carbonyl (C=O) groups is 1. The fourth-order valence-electron chi connectivity index (χ4n) is 0.708. The first-order valence-corrected chi connectivity index (χ1v) is 3.87. The molecule has 1 amide bonds. The van der Waals surface area contributed by atoms with Gasteiger partial charge in [0.1, 0.15) is 5.82 Å². The molecule has 1 aromatic rings. The van der Waals surface area contributed by atoms with Crippen molar-refractivity contribution >= 4 is 35.2 Å². The van der Waals surface area contributed by atoms with E-state index in [1.807, 2.05) is 0 Å². The molecular weight excluding hydrogens is 201 g/mol. The highest BCUT2D eigenvalue weighted by atomic mass is 35.5. The highest BCUT2D eigenvalue weighted by Crippen LogP contribution is 2.19. The number of hydrogen-bond acceptors (Lipinski definition) is 1. The van der Waals surface area contributed by atoms with Gasteiger partial charge in [-0.15, -0.1) is 0 Å². The van der Waals surface area contributed by atoms with Crippen LogP contribution in [0.4, 0.5) is 14.9 Å². The smallest absolute Gasteiger partial charge is 0.280 e. The van der Waals surface area contributed by atoms with Crippen LogP contribution in [0.3, 0.4) is 0 Å². The van der Waals surface area contributed by atoms with Crippen LogP contribution in [0.15, 0.2) is 18.2 Å². The molecular formula is C7H5ClFNOS. The predicted octanol–water partition coefficient (Wildman–Crippen LogP) is 2.94. The molecule has 0 saturated heterocycles. The van der Waals surface area contributed by atoms with Gasteiger partial charge in [-0.25, -0.2) is 4.39 Å². The summed E-state index contributed by atoms with van der Waals surface area (Å²) in [5.41, 5.74) is 0.0301. The van der Waals surface area contributed by atoms with Gasteiger partial charge in [-0.1, -0.05) is 24.2 Å². The second-order valence-corrected chi connectivity index (χ2v) is 2.90. The molecule has 0 bridgehead atoms. The summed E-state index contributed by atoms with van der Waals surface area (Å²) >= 11 is 8.99. The molecule has 0 spiro atoms. The van der Waals surface area contributed by atoms with Crippen LogP contribution in [0.1, 0.15) is 0 Å². The molecule has 0 saturated carbocycles. The fraction of sp³-hybridized carbons (Fsp3) is 0. The molecule has 0 unspecified atom stereocenters. The number of thiol groups is 1. The molecule has 1 aromatic carbocycles. The van der Waals surface area contributed by atoms with Crippen LogP contribution in [0.2, 0.25) is 5.02 Å². The third kappa shape index (κ3) is 2.39. The monoisotopic (exact) mass is 205 g/mol. The van der Waals surface area contributed by atoms with Crippen LogP contribution in [-0.2, 0) is 0 Å². The maximum atomic E-state index is 12.8. The number of benzene rings is 1. The summed E-state index contributed by atoms with van der Waals surface area (Å²) in [5, 5.41) is 1.91. The molecule has 5 heteroatoms. The van der Waals surface area contributed by atoms with Gasteiger partial charge >= 0.3 is 0 Å². The SMILES string of the molecule is O=C(S)Nc1cc(Cl)ccc1F. The van der Waals surface area contributed by atoms with E-state index < -0.39 is 11.1 Å². The number of halogens is 2. The summed E-state index contributed by atoms with van der Waals surface area (Å²) in [6.45, 7) is 0. The minimum atomic E-state index is -0.629. The van der Waals surface area contributed by atoms with E-state index in [9.17, 15) is 9.18 Å². The Morgan fingerprint density at radius 2 is 2.25 bits per heavy atom. The molecule has 2 nitrogen and oxygen atoms in total. The van der Waals surface area contributed by atoms with Crippen molar-refractivity contribution in [2.45, 2.75) is 0 Å². The molecule has 0 atom stereocenters. The van der Waals surface area contributed by atoms with Gasteiger partial charge in [0.15, 0.2) is 0 Å². The number of carbonyl (C=O) groups excluding carboxylic acids is 1. The second kappa shape index (κ2) is 3.78. The molecule has 64 valence electrons. The van der Waals surface area contributed by atoms with Gasteiger partial charge < -0.3 is 5.32 Å². The van der Waals surface area contributed by atoms with Crippen LogP contribution >= 0.6 is 24.2 Å². The van der Waals surface area contributed by atoms with Crippen molar-refractivity contribution in [1.82, 2.24) is 0 Å².